The highest BCUT2D eigenvalue weighted by Gasteiger charge is 2.46. The lowest BCUT2D eigenvalue weighted by Gasteiger charge is -2.24. The number of rotatable bonds is 7. The zero-order chi connectivity index (χ0) is 24.2. The highest BCUT2D eigenvalue weighted by Crippen LogP contribution is 2.40. The minimum atomic E-state index is -0.784. The number of aryl methyl sites for hydroxylation is 1. The van der Waals surface area contributed by atoms with Crippen molar-refractivity contribution in [3.05, 3.63) is 95.1 Å². The number of hydrogen-bond acceptors (Lipinski definition) is 6. The SMILES string of the molecule is Cc1cc(/C(O)=C2/C(=O)C(=O)N(Cc3ccccn3)C2c2cccnc2)ccc1OCC(C)C. The van der Waals surface area contributed by atoms with Crippen LogP contribution in [0.3, 0.4) is 0 Å². The molecule has 0 spiro atoms. The van der Waals surface area contributed by atoms with E-state index in [1.54, 1.807) is 61.1 Å². The monoisotopic (exact) mass is 457 g/mol. The summed E-state index contributed by atoms with van der Waals surface area (Å²) in [5, 5.41) is 11.3. The Morgan fingerprint density at radius 3 is 2.59 bits per heavy atom. The number of amides is 1. The number of aromatic nitrogens is 2. The van der Waals surface area contributed by atoms with Crippen LogP contribution < -0.4 is 4.74 Å². The molecule has 0 bridgehead atoms. The molecule has 1 N–H and O–H groups in total. The van der Waals surface area contributed by atoms with E-state index in [1.807, 2.05) is 13.0 Å². The average Bonchev–Trinajstić information content (AvgIpc) is 3.09. The Balaban J connectivity index is 1.77. The Labute approximate surface area is 198 Å². The predicted molar refractivity (Wildman–Crippen MR) is 128 cm³/mol. The van der Waals surface area contributed by atoms with E-state index in [1.165, 1.54) is 4.90 Å². The summed E-state index contributed by atoms with van der Waals surface area (Å²) in [6.07, 6.45) is 4.85. The smallest absolute Gasteiger partial charge is 0.296 e. The molecule has 4 rings (SSSR count). The van der Waals surface area contributed by atoms with Crippen molar-refractivity contribution < 1.29 is 19.4 Å². The molecule has 1 aromatic carbocycles. The van der Waals surface area contributed by atoms with E-state index in [-0.39, 0.29) is 17.9 Å². The Morgan fingerprint density at radius 2 is 1.94 bits per heavy atom. The van der Waals surface area contributed by atoms with Gasteiger partial charge in [-0.2, -0.15) is 0 Å². The number of likely N-dealkylation sites (tertiary alicyclic amines) is 1. The Kier molecular flexibility index (Phi) is 6.72. The Bertz CT molecular complexity index is 1220. The molecule has 1 saturated heterocycles. The molecule has 7 nitrogen and oxygen atoms in total. The van der Waals surface area contributed by atoms with E-state index in [9.17, 15) is 14.7 Å². The molecule has 1 fully saturated rings. The fraction of sp³-hybridized carbons (Fsp3) is 0.259. The van der Waals surface area contributed by atoms with Gasteiger partial charge in [0.1, 0.15) is 11.5 Å². The lowest BCUT2D eigenvalue weighted by atomic mass is 9.95. The normalized spacial score (nSPS) is 17.4. The van der Waals surface area contributed by atoms with Crippen LogP contribution in [0.2, 0.25) is 0 Å². The summed E-state index contributed by atoms with van der Waals surface area (Å²) in [5.41, 5.74) is 2.57. The first-order valence-electron chi connectivity index (χ1n) is 11.2. The maximum Gasteiger partial charge on any atom is 0.296 e. The van der Waals surface area contributed by atoms with Crippen molar-refractivity contribution in [2.24, 2.45) is 5.92 Å². The van der Waals surface area contributed by atoms with Crippen LogP contribution in [0.5, 0.6) is 5.75 Å². The van der Waals surface area contributed by atoms with Gasteiger partial charge in [-0.1, -0.05) is 26.0 Å². The number of aliphatic hydroxyl groups is 1. The largest absolute Gasteiger partial charge is 0.507 e. The number of carbonyl (C=O) groups is 2. The van der Waals surface area contributed by atoms with Crippen LogP contribution in [0.15, 0.2) is 72.7 Å². The molecule has 3 aromatic rings. The van der Waals surface area contributed by atoms with Gasteiger partial charge in [0, 0.05) is 24.2 Å². The van der Waals surface area contributed by atoms with Crippen LogP contribution in [0.1, 0.15) is 42.3 Å². The minimum Gasteiger partial charge on any atom is -0.507 e. The molecule has 1 atom stereocenters. The second-order valence-corrected chi connectivity index (χ2v) is 8.72. The molecule has 1 amide bonds. The zero-order valence-electron chi connectivity index (χ0n) is 19.4. The minimum absolute atomic E-state index is 0.0316. The molecule has 1 aliphatic rings. The van der Waals surface area contributed by atoms with E-state index >= 15 is 0 Å². The predicted octanol–water partition coefficient (Wildman–Crippen LogP) is 4.44. The van der Waals surface area contributed by atoms with Gasteiger partial charge in [0.05, 0.1) is 30.5 Å². The summed E-state index contributed by atoms with van der Waals surface area (Å²) < 4.78 is 5.83. The van der Waals surface area contributed by atoms with Gasteiger partial charge >= 0.3 is 0 Å². The number of carbonyl (C=O) groups excluding carboxylic acids is 2. The number of aliphatic hydroxyl groups excluding tert-OH is 1. The summed E-state index contributed by atoms with van der Waals surface area (Å²) in [6, 6.07) is 13.4. The summed E-state index contributed by atoms with van der Waals surface area (Å²) in [5.74, 6) is -0.560. The summed E-state index contributed by atoms with van der Waals surface area (Å²) in [6.45, 7) is 6.72. The Morgan fingerprint density at radius 1 is 1.12 bits per heavy atom. The number of Topliss-reactive ketones (excluding diaryl/α,β-unsaturated/α-hetero) is 1. The second-order valence-electron chi connectivity index (χ2n) is 8.72. The maximum absolute atomic E-state index is 13.2. The fourth-order valence-electron chi connectivity index (χ4n) is 3.96. The lowest BCUT2D eigenvalue weighted by Crippen LogP contribution is -2.29. The third kappa shape index (κ3) is 4.69. The molecule has 7 heteroatoms. The fourth-order valence-corrected chi connectivity index (χ4v) is 3.96. The van der Waals surface area contributed by atoms with Gasteiger partial charge in [0.2, 0.25) is 0 Å². The first kappa shape index (κ1) is 23.2. The molecule has 0 radical (unpaired) electrons. The molecule has 34 heavy (non-hydrogen) atoms. The van der Waals surface area contributed by atoms with Crippen LogP contribution in [-0.2, 0) is 16.1 Å². The Hall–Kier alpha value is -4.00. The van der Waals surface area contributed by atoms with Crippen LogP contribution in [0, 0.1) is 12.8 Å². The first-order chi connectivity index (χ1) is 16.4. The van der Waals surface area contributed by atoms with Crippen molar-refractivity contribution in [3.8, 4) is 5.75 Å². The molecule has 1 aliphatic heterocycles. The van der Waals surface area contributed by atoms with E-state index in [2.05, 4.69) is 23.8 Å². The van der Waals surface area contributed by atoms with Crippen LogP contribution in [0.4, 0.5) is 0 Å². The van der Waals surface area contributed by atoms with E-state index in [4.69, 9.17) is 4.74 Å². The van der Waals surface area contributed by atoms with Crippen molar-refractivity contribution in [3.63, 3.8) is 0 Å². The van der Waals surface area contributed by atoms with E-state index in [0.29, 0.717) is 35.1 Å². The molecular weight excluding hydrogens is 430 g/mol. The van der Waals surface area contributed by atoms with Crippen molar-refractivity contribution in [1.82, 2.24) is 14.9 Å². The van der Waals surface area contributed by atoms with Gasteiger partial charge < -0.3 is 14.7 Å². The zero-order valence-corrected chi connectivity index (χ0v) is 19.4. The van der Waals surface area contributed by atoms with Crippen LogP contribution >= 0.6 is 0 Å². The quantitative estimate of drug-likeness (QED) is 0.320. The second kappa shape index (κ2) is 9.87. The molecule has 3 heterocycles. The summed E-state index contributed by atoms with van der Waals surface area (Å²) >= 11 is 0. The summed E-state index contributed by atoms with van der Waals surface area (Å²) in [4.78, 5) is 36.1. The van der Waals surface area contributed by atoms with Gasteiger partial charge in [-0.3, -0.25) is 19.6 Å². The number of ketones is 1. The number of hydrogen-bond donors (Lipinski definition) is 1. The number of ether oxygens (including phenoxy) is 1. The van der Waals surface area contributed by atoms with Crippen molar-refractivity contribution in [2.45, 2.75) is 33.4 Å². The highest BCUT2D eigenvalue weighted by molar-refractivity contribution is 6.46. The number of pyridine rings is 2. The third-order valence-electron chi connectivity index (χ3n) is 5.62. The van der Waals surface area contributed by atoms with Crippen LogP contribution in [-0.4, -0.2) is 38.3 Å². The van der Waals surface area contributed by atoms with Gasteiger partial charge in [0.15, 0.2) is 0 Å². The van der Waals surface area contributed by atoms with E-state index < -0.39 is 17.7 Å². The average molecular weight is 458 g/mol. The van der Waals surface area contributed by atoms with Gasteiger partial charge in [-0.25, -0.2) is 0 Å². The van der Waals surface area contributed by atoms with Crippen molar-refractivity contribution in [2.75, 3.05) is 6.61 Å². The van der Waals surface area contributed by atoms with Gasteiger partial charge in [-0.05, 0) is 60.4 Å². The van der Waals surface area contributed by atoms with Crippen LogP contribution in [0.25, 0.3) is 5.76 Å². The first-order valence-corrected chi connectivity index (χ1v) is 11.2. The lowest BCUT2D eigenvalue weighted by molar-refractivity contribution is -0.140. The molecule has 0 aliphatic carbocycles. The molecular formula is C27H27N3O4. The topological polar surface area (TPSA) is 92.6 Å². The maximum atomic E-state index is 13.2. The molecule has 174 valence electrons. The van der Waals surface area contributed by atoms with Gasteiger partial charge in [-0.15, -0.1) is 0 Å². The van der Waals surface area contributed by atoms with Crippen molar-refractivity contribution >= 4 is 17.4 Å². The highest BCUT2D eigenvalue weighted by atomic mass is 16.5. The molecule has 1 unspecified atom stereocenters. The summed E-state index contributed by atoms with van der Waals surface area (Å²) in [7, 11) is 0. The third-order valence-corrected chi connectivity index (χ3v) is 5.62. The number of nitrogens with zero attached hydrogens (tertiary/aromatic N) is 3. The number of benzene rings is 1. The molecule has 0 saturated carbocycles. The van der Waals surface area contributed by atoms with Gasteiger partial charge in [0.25, 0.3) is 11.7 Å². The standard InChI is InChI=1S/C27H27N3O4/c1-17(2)16-34-22-10-9-19(13-18(22)3)25(31)23-24(20-7-6-11-28-14-20)30(27(33)26(23)32)15-21-8-4-5-12-29-21/h4-14,17,24,31H,15-16H2,1-3H3/b25-23-. The molecule has 2 aromatic heterocycles. The van der Waals surface area contributed by atoms with E-state index in [0.717, 1.165) is 5.56 Å². The van der Waals surface area contributed by atoms with Crippen molar-refractivity contribution in [1.29, 1.82) is 0 Å².